The normalized spacial score (nSPS) is 10.9. The minimum absolute atomic E-state index is 0.663. The van der Waals surface area contributed by atoms with Gasteiger partial charge in [-0.1, -0.05) is 11.6 Å². The molecule has 1 N–H and O–H groups in total. The van der Waals surface area contributed by atoms with E-state index in [9.17, 15) is 0 Å². The van der Waals surface area contributed by atoms with Crippen LogP contribution in [0.4, 0.5) is 5.69 Å². The van der Waals surface area contributed by atoms with Crippen molar-refractivity contribution in [2.75, 3.05) is 11.9 Å². The molecule has 0 aliphatic carbocycles. The van der Waals surface area contributed by atoms with Gasteiger partial charge in [-0.2, -0.15) is 13.8 Å². The second-order valence-corrected chi connectivity index (χ2v) is 4.69. The maximum absolute atomic E-state index is 6.17. The lowest BCUT2D eigenvalue weighted by Gasteiger charge is -2.08. The van der Waals surface area contributed by atoms with Gasteiger partial charge in [-0.15, -0.1) is 0 Å². The zero-order valence-electron chi connectivity index (χ0n) is 9.38. The number of aromatic nitrogens is 4. The van der Waals surface area contributed by atoms with Crippen molar-refractivity contribution in [2.45, 2.75) is 6.54 Å². The van der Waals surface area contributed by atoms with Crippen molar-refractivity contribution >= 4 is 40.0 Å². The largest absolute Gasteiger partial charge is 0.380 e. The molecule has 0 spiro atoms. The van der Waals surface area contributed by atoms with Crippen LogP contribution in [-0.4, -0.2) is 25.1 Å². The third-order valence-corrected chi connectivity index (χ3v) is 3.44. The fourth-order valence-electron chi connectivity index (χ4n) is 1.72. The van der Waals surface area contributed by atoms with E-state index in [2.05, 4.69) is 19.2 Å². The zero-order chi connectivity index (χ0) is 12.4. The lowest BCUT2D eigenvalue weighted by Crippen LogP contribution is -2.11. The van der Waals surface area contributed by atoms with Gasteiger partial charge in [-0.05, 0) is 18.2 Å². The summed E-state index contributed by atoms with van der Waals surface area (Å²) in [7, 11) is 0. The summed E-state index contributed by atoms with van der Waals surface area (Å²) in [6.45, 7) is 1.51. The highest BCUT2D eigenvalue weighted by Crippen LogP contribution is 2.29. The zero-order valence-corrected chi connectivity index (χ0v) is 10.9. The van der Waals surface area contributed by atoms with Crippen LogP contribution in [0.3, 0.4) is 0 Å². The summed E-state index contributed by atoms with van der Waals surface area (Å²) in [4.78, 5) is 0. The fourth-order valence-corrected chi connectivity index (χ4v) is 2.49. The molecule has 0 amide bonds. The molecule has 18 heavy (non-hydrogen) atoms. The van der Waals surface area contributed by atoms with Gasteiger partial charge in [-0.25, -0.2) is 0 Å². The highest BCUT2D eigenvalue weighted by Gasteiger charge is 2.09. The summed E-state index contributed by atoms with van der Waals surface area (Å²) >= 11 is 7.36. The third kappa shape index (κ3) is 2.16. The lowest BCUT2D eigenvalue weighted by molar-refractivity contribution is 0.638. The Bertz CT molecular complexity index is 649. The van der Waals surface area contributed by atoms with E-state index in [-0.39, 0.29) is 0 Å². The quantitative estimate of drug-likeness (QED) is 0.798. The van der Waals surface area contributed by atoms with Gasteiger partial charge in [0.15, 0.2) is 0 Å². The first-order chi connectivity index (χ1) is 8.84. The molecule has 0 bridgehead atoms. The molecule has 0 fully saturated rings. The maximum Gasteiger partial charge on any atom is 0.129 e. The molecule has 92 valence electrons. The SMILES string of the molecule is Clc1ccc2nsnc2c1NCCn1cccn1. The number of nitrogens with zero attached hydrogens (tertiary/aromatic N) is 4. The monoisotopic (exact) mass is 279 g/mol. The molecule has 0 aliphatic heterocycles. The molecular weight excluding hydrogens is 270 g/mol. The minimum atomic E-state index is 0.663. The Morgan fingerprint density at radius 1 is 1.33 bits per heavy atom. The van der Waals surface area contributed by atoms with Gasteiger partial charge < -0.3 is 5.32 Å². The van der Waals surface area contributed by atoms with Crippen molar-refractivity contribution in [1.29, 1.82) is 0 Å². The number of rotatable bonds is 4. The van der Waals surface area contributed by atoms with E-state index in [4.69, 9.17) is 11.6 Å². The van der Waals surface area contributed by atoms with Gasteiger partial charge >= 0.3 is 0 Å². The van der Waals surface area contributed by atoms with E-state index in [1.807, 2.05) is 29.1 Å². The Balaban J connectivity index is 1.77. The van der Waals surface area contributed by atoms with E-state index >= 15 is 0 Å². The summed E-state index contributed by atoms with van der Waals surface area (Å²) < 4.78 is 10.3. The molecule has 3 rings (SSSR count). The summed E-state index contributed by atoms with van der Waals surface area (Å²) in [6.07, 6.45) is 3.69. The van der Waals surface area contributed by atoms with Crippen molar-refractivity contribution in [3.05, 3.63) is 35.6 Å². The molecule has 0 saturated carbocycles. The number of nitrogens with one attached hydrogen (secondary N) is 1. The van der Waals surface area contributed by atoms with E-state index in [1.165, 1.54) is 11.7 Å². The number of fused-ring (bicyclic) bond motifs is 1. The second-order valence-electron chi connectivity index (χ2n) is 3.75. The van der Waals surface area contributed by atoms with Crippen LogP contribution in [0.15, 0.2) is 30.6 Å². The lowest BCUT2D eigenvalue weighted by atomic mass is 10.2. The number of benzene rings is 1. The minimum Gasteiger partial charge on any atom is -0.380 e. The number of halogens is 1. The van der Waals surface area contributed by atoms with Crippen LogP contribution in [0.5, 0.6) is 0 Å². The summed E-state index contributed by atoms with van der Waals surface area (Å²) in [5, 5.41) is 8.09. The summed E-state index contributed by atoms with van der Waals surface area (Å²) in [6, 6.07) is 5.61. The molecule has 7 heteroatoms. The molecule has 3 aromatic rings. The van der Waals surface area contributed by atoms with Crippen LogP contribution in [0.2, 0.25) is 5.02 Å². The molecular formula is C11H10ClN5S. The first-order valence-electron chi connectivity index (χ1n) is 5.46. The molecule has 0 aliphatic rings. The first-order valence-corrected chi connectivity index (χ1v) is 6.57. The Morgan fingerprint density at radius 3 is 3.11 bits per heavy atom. The molecule has 0 saturated heterocycles. The van der Waals surface area contributed by atoms with Gasteiger partial charge in [0, 0.05) is 18.9 Å². The summed E-state index contributed by atoms with van der Waals surface area (Å²) in [5.41, 5.74) is 2.54. The smallest absolute Gasteiger partial charge is 0.129 e. The Hall–Kier alpha value is -1.66. The standard InChI is InChI=1S/C11H10ClN5S/c12-8-2-3-9-11(16-18-15-9)10(8)13-5-7-17-6-1-4-14-17/h1-4,6,13H,5,7H2. The highest BCUT2D eigenvalue weighted by atomic mass is 35.5. The van der Waals surface area contributed by atoms with Gasteiger partial charge in [0.2, 0.25) is 0 Å². The Morgan fingerprint density at radius 2 is 2.28 bits per heavy atom. The predicted octanol–water partition coefficient (Wildman–Crippen LogP) is 2.65. The molecule has 5 nitrogen and oxygen atoms in total. The first kappa shape index (κ1) is 11.4. The van der Waals surface area contributed by atoms with Gasteiger partial charge in [0.1, 0.15) is 11.0 Å². The maximum atomic E-state index is 6.17. The molecule has 0 radical (unpaired) electrons. The van der Waals surface area contributed by atoms with Gasteiger partial charge in [0.05, 0.1) is 29.0 Å². The van der Waals surface area contributed by atoms with Crippen LogP contribution in [-0.2, 0) is 6.54 Å². The van der Waals surface area contributed by atoms with Crippen molar-refractivity contribution < 1.29 is 0 Å². The Labute approximate surface area is 113 Å². The average Bonchev–Trinajstić information content (AvgIpc) is 3.02. The number of anilines is 1. The molecule has 0 atom stereocenters. The van der Waals surface area contributed by atoms with Crippen molar-refractivity contribution in [2.24, 2.45) is 0 Å². The van der Waals surface area contributed by atoms with Crippen molar-refractivity contribution in [1.82, 2.24) is 18.5 Å². The van der Waals surface area contributed by atoms with Crippen molar-refractivity contribution in [3.63, 3.8) is 0 Å². The van der Waals surface area contributed by atoms with Crippen LogP contribution >= 0.6 is 23.3 Å². The number of hydrogen-bond donors (Lipinski definition) is 1. The molecule has 0 unspecified atom stereocenters. The summed E-state index contributed by atoms with van der Waals surface area (Å²) in [5.74, 6) is 0. The molecule has 2 heterocycles. The van der Waals surface area contributed by atoms with Crippen LogP contribution in [0, 0.1) is 0 Å². The predicted molar refractivity (Wildman–Crippen MR) is 73.1 cm³/mol. The highest BCUT2D eigenvalue weighted by molar-refractivity contribution is 7.00. The third-order valence-electron chi connectivity index (χ3n) is 2.58. The van der Waals surface area contributed by atoms with E-state index < -0.39 is 0 Å². The molecule has 1 aromatic carbocycles. The van der Waals surface area contributed by atoms with Gasteiger partial charge in [0.25, 0.3) is 0 Å². The van der Waals surface area contributed by atoms with Crippen molar-refractivity contribution in [3.8, 4) is 0 Å². The Kier molecular flexibility index (Phi) is 3.12. The van der Waals surface area contributed by atoms with E-state index in [1.54, 1.807) is 6.20 Å². The average molecular weight is 280 g/mol. The van der Waals surface area contributed by atoms with Crippen LogP contribution < -0.4 is 5.32 Å². The van der Waals surface area contributed by atoms with Crippen LogP contribution in [0.1, 0.15) is 0 Å². The topological polar surface area (TPSA) is 55.6 Å². The van der Waals surface area contributed by atoms with E-state index in [0.717, 1.165) is 29.8 Å². The molecule has 2 aromatic heterocycles. The second kappa shape index (κ2) is 4.91. The fraction of sp³-hybridized carbons (Fsp3) is 0.182. The van der Waals surface area contributed by atoms with Crippen LogP contribution in [0.25, 0.3) is 11.0 Å². The van der Waals surface area contributed by atoms with Gasteiger partial charge in [-0.3, -0.25) is 4.68 Å². The number of hydrogen-bond acceptors (Lipinski definition) is 5. The van der Waals surface area contributed by atoms with E-state index in [0.29, 0.717) is 5.02 Å².